The van der Waals surface area contributed by atoms with Gasteiger partial charge in [0.15, 0.2) is 5.65 Å². The highest BCUT2D eigenvalue weighted by Gasteiger charge is 2.28. The van der Waals surface area contributed by atoms with Gasteiger partial charge in [0.1, 0.15) is 22.2 Å². The van der Waals surface area contributed by atoms with Crippen LogP contribution >= 0.6 is 35.0 Å². The van der Waals surface area contributed by atoms with Crippen molar-refractivity contribution < 1.29 is 18.7 Å². The highest BCUT2D eigenvalue weighted by atomic mass is 35.5. The first-order valence-electron chi connectivity index (χ1n) is 14.8. The van der Waals surface area contributed by atoms with Crippen LogP contribution in [0.2, 0.25) is 10.0 Å². The smallest absolute Gasteiger partial charge is 0.410 e. The van der Waals surface area contributed by atoms with Gasteiger partial charge < -0.3 is 14.4 Å². The average Bonchev–Trinajstić information content (AvgIpc) is 3.66. The minimum Gasteiger partial charge on any atom is -0.497 e. The number of methoxy groups -OCH3 is 1. The standard InChI is InChI=1S/C33H33Cl2FN6O3S/c1-33(2,3)45-32(43)40-13-11-23(12-14-40)41-19-22(17-38-41)21-15-25-30(37-16-21)42(18-20-5-7-24(44-4)8-6-20)39-31(25)46-29-26(34)9-10-27(36)28(29)35/h5-10,15-17,19,23H,11-14,18H2,1-4H3. The van der Waals surface area contributed by atoms with Gasteiger partial charge in [0, 0.05) is 36.6 Å². The van der Waals surface area contributed by atoms with Gasteiger partial charge in [-0.3, -0.25) is 4.68 Å². The Kier molecular flexibility index (Phi) is 9.18. The number of likely N-dealkylation sites (tertiary alicyclic amines) is 1. The van der Waals surface area contributed by atoms with Gasteiger partial charge in [-0.1, -0.05) is 47.1 Å². The van der Waals surface area contributed by atoms with E-state index in [0.29, 0.717) is 40.2 Å². The third-order valence-electron chi connectivity index (χ3n) is 7.67. The molecule has 13 heteroatoms. The van der Waals surface area contributed by atoms with Crippen molar-refractivity contribution in [3.63, 3.8) is 0 Å². The topological polar surface area (TPSA) is 87.3 Å². The molecule has 0 atom stereocenters. The van der Waals surface area contributed by atoms with Crippen LogP contribution < -0.4 is 4.74 Å². The van der Waals surface area contributed by atoms with E-state index < -0.39 is 11.4 Å². The van der Waals surface area contributed by atoms with E-state index in [1.807, 2.05) is 72.9 Å². The Morgan fingerprint density at radius 2 is 1.80 bits per heavy atom. The predicted molar refractivity (Wildman–Crippen MR) is 177 cm³/mol. The summed E-state index contributed by atoms with van der Waals surface area (Å²) >= 11 is 14.0. The van der Waals surface area contributed by atoms with E-state index in [2.05, 4.69) is 5.10 Å². The molecule has 5 aromatic rings. The van der Waals surface area contributed by atoms with E-state index in [0.717, 1.165) is 40.7 Å². The molecule has 6 rings (SSSR count). The molecule has 9 nitrogen and oxygen atoms in total. The molecular weight excluding hydrogens is 650 g/mol. The summed E-state index contributed by atoms with van der Waals surface area (Å²) in [4.78, 5) is 19.5. The Labute approximate surface area is 280 Å². The van der Waals surface area contributed by atoms with E-state index in [1.54, 1.807) is 18.2 Å². The van der Waals surface area contributed by atoms with Gasteiger partial charge in [0.05, 0.1) is 46.2 Å². The van der Waals surface area contributed by atoms with E-state index in [4.69, 9.17) is 42.8 Å². The van der Waals surface area contributed by atoms with Crippen molar-refractivity contribution in [2.75, 3.05) is 20.2 Å². The van der Waals surface area contributed by atoms with Crippen molar-refractivity contribution in [2.24, 2.45) is 0 Å². The first-order valence-corrected chi connectivity index (χ1v) is 16.4. The Balaban J connectivity index is 1.28. The second-order valence-corrected chi connectivity index (χ2v) is 13.9. The van der Waals surface area contributed by atoms with Gasteiger partial charge >= 0.3 is 6.09 Å². The molecule has 0 N–H and O–H groups in total. The average molecular weight is 684 g/mol. The van der Waals surface area contributed by atoms with Crippen LogP contribution in [0.25, 0.3) is 22.2 Å². The van der Waals surface area contributed by atoms with E-state index in [-0.39, 0.29) is 17.2 Å². The third-order valence-corrected chi connectivity index (χ3v) is 9.70. The number of carbonyl (C=O) groups is 1. The van der Waals surface area contributed by atoms with Crippen molar-refractivity contribution in [1.82, 2.24) is 29.4 Å². The number of pyridine rings is 1. The summed E-state index contributed by atoms with van der Waals surface area (Å²) in [6.45, 7) is 7.26. The van der Waals surface area contributed by atoms with Crippen LogP contribution in [0.5, 0.6) is 5.75 Å². The Bertz CT molecular complexity index is 1880. The summed E-state index contributed by atoms with van der Waals surface area (Å²) in [7, 11) is 1.63. The SMILES string of the molecule is COc1ccc(Cn2nc(Sc3c(Cl)ccc(F)c3Cl)c3cc(-c4cnn(C5CCN(C(=O)OC(C)(C)C)CC5)c4)cnc32)cc1. The van der Waals surface area contributed by atoms with Gasteiger partial charge in [0.2, 0.25) is 0 Å². The third kappa shape index (κ3) is 6.96. The maximum atomic E-state index is 14.4. The van der Waals surface area contributed by atoms with E-state index in [9.17, 15) is 9.18 Å². The number of fused-ring (bicyclic) bond motifs is 1. The Morgan fingerprint density at radius 3 is 2.50 bits per heavy atom. The molecule has 1 amide bonds. The van der Waals surface area contributed by atoms with Gasteiger partial charge in [-0.2, -0.15) is 10.2 Å². The van der Waals surface area contributed by atoms with Gasteiger partial charge in [0.25, 0.3) is 0 Å². The van der Waals surface area contributed by atoms with E-state index >= 15 is 0 Å². The number of ether oxygens (including phenoxy) is 2. The first-order chi connectivity index (χ1) is 22.0. The zero-order chi connectivity index (χ0) is 32.6. The lowest BCUT2D eigenvalue weighted by Crippen LogP contribution is -2.42. The van der Waals surface area contributed by atoms with Crippen LogP contribution in [-0.4, -0.2) is 61.3 Å². The predicted octanol–water partition coefficient (Wildman–Crippen LogP) is 8.52. The summed E-state index contributed by atoms with van der Waals surface area (Å²) in [5.41, 5.74) is 2.89. The fourth-order valence-corrected chi connectivity index (χ4v) is 6.85. The molecule has 0 spiro atoms. The van der Waals surface area contributed by atoms with Crippen molar-refractivity contribution in [1.29, 1.82) is 0 Å². The number of hydrogen-bond acceptors (Lipinski definition) is 7. The van der Waals surface area contributed by atoms with Gasteiger partial charge in [-0.15, -0.1) is 0 Å². The largest absolute Gasteiger partial charge is 0.497 e. The van der Waals surface area contributed by atoms with Crippen LogP contribution in [0.1, 0.15) is 45.2 Å². The monoisotopic (exact) mass is 682 g/mol. The fraction of sp³-hybridized carbons (Fsp3) is 0.333. The van der Waals surface area contributed by atoms with Crippen LogP contribution in [-0.2, 0) is 11.3 Å². The van der Waals surface area contributed by atoms with Crippen molar-refractivity contribution in [3.8, 4) is 16.9 Å². The zero-order valence-electron chi connectivity index (χ0n) is 25.8. The summed E-state index contributed by atoms with van der Waals surface area (Å²) in [6.07, 6.45) is 6.88. The molecule has 1 aliphatic heterocycles. The Hall–Kier alpha value is -3.80. The number of rotatable bonds is 7. The zero-order valence-corrected chi connectivity index (χ0v) is 28.2. The number of halogens is 3. The van der Waals surface area contributed by atoms with Gasteiger partial charge in [-0.25, -0.2) is 18.9 Å². The van der Waals surface area contributed by atoms with Crippen molar-refractivity contribution >= 4 is 52.1 Å². The number of hydrogen-bond donors (Lipinski definition) is 0. The molecule has 1 fully saturated rings. The molecule has 240 valence electrons. The van der Waals surface area contributed by atoms with Crippen LogP contribution in [0.4, 0.5) is 9.18 Å². The molecule has 0 unspecified atom stereocenters. The number of piperidine rings is 1. The lowest BCUT2D eigenvalue weighted by molar-refractivity contribution is 0.0185. The van der Waals surface area contributed by atoms with E-state index in [1.165, 1.54) is 23.9 Å². The molecule has 0 radical (unpaired) electrons. The maximum absolute atomic E-state index is 14.4. The molecular formula is C33H33Cl2FN6O3S. The normalized spacial score (nSPS) is 14.2. The highest BCUT2D eigenvalue weighted by Crippen LogP contribution is 2.42. The second kappa shape index (κ2) is 13.1. The quantitative estimate of drug-likeness (QED) is 0.159. The second-order valence-electron chi connectivity index (χ2n) is 12.1. The van der Waals surface area contributed by atoms with Gasteiger partial charge in [-0.05, 0) is 69.5 Å². The molecule has 3 aromatic heterocycles. The minimum atomic E-state index is -0.557. The molecule has 0 bridgehead atoms. The number of nitrogens with zero attached hydrogens (tertiary/aromatic N) is 6. The number of amides is 1. The summed E-state index contributed by atoms with van der Waals surface area (Å²) in [5, 5.41) is 11.2. The molecule has 46 heavy (non-hydrogen) atoms. The molecule has 2 aromatic carbocycles. The molecule has 0 aliphatic carbocycles. The van der Waals surface area contributed by atoms with Crippen LogP contribution in [0.15, 0.2) is 71.0 Å². The van der Waals surface area contributed by atoms with Crippen molar-refractivity contribution in [3.05, 3.63) is 82.5 Å². The lowest BCUT2D eigenvalue weighted by Gasteiger charge is -2.33. The number of benzene rings is 2. The summed E-state index contributed by atoms with van der Waals surface area (Å²) in [5.74, 6) is 0.205. The number of aromatic nitrogens is 5. The van der Waals surface area contributed by atoms with Crippen LogP contribution in [0, 0.1) is 5.82 Å². The first kappa shape index (κ1) is 32.2. The number of carbonyl (C=O) groups excluding carboxylic acids is 1. The minimum absolute atomic E-state index is 0.0570. The highest BCUT2D eigenvalue weighted by molar-refractivity contribution is 7.99. The fourth-order valence-electron chi connectivity index (χ4n) is 5.30. The molecule has 1 saturated heterocycles. The molecule has 0 saturated carbocycles. The van der Waals surface area contributed by atoms with Crippen LogP contribution in [0.3, 0.4) is 0 Å². The Morgan fingerprint density at radius 1 is 1.07 bits per heavy atom. The molecule has 1 aliphatic rings. The maximum Gasteiger partial charge on any atom is 0.410 e. The molecule has 4 heterocycles. The van der Waals surface area contributed by atoms with Crippen molar-refractivity contribution in [2.45, 2.75) is 61.7 Å². The lowest BCUT2D eigenvalue weighted by atomic mass is 10.1. The summed E-state index contributed by atoms with van der Waals surface area (Å²) < 4.78 is 29.0. The summed E-state index contributed by atoms with van der Waals surface area (Å²) in [6, 6.07) is 12.6.